The van der Waals surface area contributed by atoms with E-state index >= 15 is 0 Å². The van der Waals surface area contributed by atoms with E-state index in [-0.39, 0.29) is 17.5 Å². The minimum absolute atomic E-state index is 0.109. The topological polar surface area (TPSA) is 115 Å². The summed E-state index contributed by atoms with van der Waals surface area (Å²) in [5, 5.41) is 3.35. The summed E-state index contributed by atoms with van der Waals surface area (Å²) in [5.74, 6) is -1.27. The predicted molar refractivity (Wildman–Crippen MR) is 127 cm³/mol. The van der Waals surface area contributed by atoms with Crippen LogP contribution in [0.3, 0.4) is 0 Å². The lowest BCUT2D eigenvalue weighted by Crippen LogP contribution is -2.39. The average Bonchev–Trinajstić information content (AvgIpc) is 3.09. The van der Waals surface area contributed by atoms with Crippen LogP contribution in [-0.4, -0.2) is 35.0 Å². The van der Waals surface area contributed by atoms with Gasteiger partial charge in [-0.25, -0.2) is 4.79 Å². The standard InChI is InChI=1S/C24H24BrN3O5/c1-24(2,3)33-23(31)28-9-8-13-10-14(4-5-15(13)12-28)22(30)27-19-17-11-16(25)6-7-18(17)32-20(19)21(26)29/h4-7,10-11H,8-9,12H2,1-3H3,(H2,26,29)(H,27,30). The van der Waals surface area contributed by atoms with Crippen LogP contribution in [0.1, 0.15) is 52.8 Å². The van der Waals surface area contributed by atoms with Crippen LogP contribution in [0.5, 0.6) is 0 Å². The van der Waals surface area contributed by atoms with Crippen LogP contribution in [0.15, 0.2) is 45.3 Å². The Bertz CT molecular complexity index is 1280. The van der Waals surface area contributed by atoms with Crippen molar-refractivity contribution in [1.82, 2.24) is 4.90 Å². The third-order valence-corrected chi connectivity index (χ3v) is 5.74. The number of nitrogens with one attached hydrogen (secondary N) is 1. The number of ether oxygens (including phenoxy) is 1. The van der Waals surface area contributed by atoms with Crippen molar-refractivity contribution in [2.75, 3.05) is 11.9 Å². The van der Waals surface area contributed by atoms with Crippen LogP contribution in [0, 0.1) is 0 Å². The summed E-state index contributed by atoms with van der Waals surface area (Å²) in [5.41, 5.74) is 7.94. The molecule has 1 aromatic heterocycles. The number of amides is 3. The van der Waals surface area contributed by atoms with Crippen LogP contribution in [0.2, 0.25) is 0 Å². The predicted octanol–water partition coefficient (Wildman–Crippen LogP) is 4.84. The molecule has 2 aromatic carbocycles. The van der Waals surface area contributed by atoms with Gasteiger partial charge in [-0.15, -0.1) is 0 Å². The van der Waals surface area contributed by atoms with Crippen molar-refractivity contribution >= 4 is 50.5 Å². The van der Waals surface area contributed by atoms with Crippen LogP contribution >= 0.6 is 15.9 Å². The van der Waals surface area contributed by atoms with E-state index < -0.39 is 17.4 Å². The molecule has 0 bridgehead atoms. The summed E-state index contributed by atoms with van der Waals surface area (Å²) >= 11 is 3.39. The minimum atomic E-state index is -0.773. The molecular weight excluding hydrogens is 490 g/mol. The van der Waals surface area contributed by atoms with E-state index in [9.17, 15) is 14.4 Å². The van der Waals surface area contributed by atoms with Crippen LogP contribution in [0.4, 0.5) is 10.5 Å². The number of nitrogens with zero attached hydrogens (tertiary/aromatic N) is 1. The number of carbonyl (C=O) groups excluding carboxylic acids is 3. The minimum Gasteiger partial charge on any atom is -0.449 e. The molecule has 4 rings (SSSR count). The van der Waals surface area contributed by atoms with Crippen LogP contribution in [-0.2, 0) is 17.7 Å². The highest BCUT2D eigenvalue weighted by Crippen LogP contribution is 2.33. The first-order valence-corrected chi connectivity index (χ1v) is 11.2. The van der Waals surface area contributed by atoms with E-state index in [1.807, 2.05) is 26.8 Å². The number of fused-ring (bicyclic) bond motifs is 2. The monoisotopic (exact) mass is 513 g/mol. The summed E-state index contributed by atoms with van der Waals surface area (Å²) in [6.45, 7) is 6.41. The SMILES string of the molecule is CC(C)(C)OC(=O)N1CCc2cc(C(=O)Nc3c(C(N)=O)oc4ccc(Br)cc34)ccc2C1. The van der Waals surface area contributed by atoms with Gasteiger partial charge in [0, 0.05) is 28.5 Å². The lowest BCUT2D eigenvalue weighted by atomic mass is 9.97. The molecule has 1 aliphatic heterocycles. The molecule has 0 radical (unpaired) electrons. The molecular formula is C24H24BrN3O5. The molecule has 9 heteroatoms. The molecule has 0 aliphatic carbocycles. The van der Waals surface area contributed by atoms with E-state index in [0.717, 1.165) is 15.6 Å². The Morgan fingerprint density at radius 3 is 2.58 bits per heavy atom. The average molecular weight is 514 g/mol. The van der Waals surface area contributed by atoms with E-state index in [1.54, 1.807) is 35.2 Å². The lowest BCUT2D eigenvalue weighted by molar-refractivity contribution is 0.0223. The maximum atomic E-state index is 13.0. The summed E-state index contributed by atoms with van der Waals surface area (Å²) in [7, 11) is 0. The van der Waals surface area contributed by atoms with Gasteiger partial charge < -0.3 is 25.1 Å². The Labute approximate surface area is 199 Å². The number of rotatable bonds is 3. The van der Waals surface area contributed by atoms with Gasteiger partial charge in [0.1, 0.15) is 16.9 Å². The molecule has 0 fully saturated rings. The third-order valence-electron chi connectivity index (χ3n) is 5.24. The normalized spacial score (nSPS) is 13.5. The number of primary amides is 1. The largest absolute Gasteiger partial charge is 0.449 e. The molecule has 1 aliphatic rings. The molecule has 3 aromatic rings. The Morgan fingerprint density at radius 2 is 1.88 bits per heavy atom. The Hall–Kier alpha value is -3.33. The molecule has 0 spiro atoms. The molecule has 172 valence electrons. The van der Waals surface area contributed by atoms with Crippen molar-refractivity contribution in [2.24, 2.45) is 5.73 Å². The highest BCUT2D eigenvalue weighted by atomic mass is 79.9. The fourth-order valence-electron chi connectivity index (χ4n) is 3.73. The molecule has 3 N–H and O–H groups in total. The van der Waals surface area contributed by atoms with Gasteiger partial charge in [0.15, 0.2) is 0 Å². The first-order valence-electron chi connectivity index (χ1n) is 10.4. The number of halogens is 1. The maximum absolute atomic E-state index is 13.0. The van der Waals surface area contributed by atoms with E-state index in [0.29, 0.717) is 36.0 Å². The molecule has 2 heterocycles. The summed E-state index contributed by atoms with van der Waals surface area (Å²) < 4.78 is 11.8. The smallest absolute Gasteiger partial charge is 0.410 e. The number of carbonyl (C=O) groups is 3. The van der Waals surface area contributed by atoms with Gasteiger partial charge in [-0.3, -0.25) is 9.59 Å². The third kappa shape index (κ3) is 4.88. The number of furan rings is 1. The summed E-state index contributed by atoms with van der Waals surface area (Å²) in [6.07, 6.45) is 0.246. The van der Waals surface area contributed by atoms with Crippen molar-refractivity contribution in [3.05, 3.63) is 63.3 Å². The zero-order chi connectivity index (χ0) is 23.9. The number of benzene rings is 2. The molecule has 3 amide bonds. The van der Waals surface area contributed by atoms with Crippen molar-refractivity contribution in [3.8, 4) is 0 Å². The number of hydrogen-bond donors (Lipinski definition) is 2. The van der Waals surface area contributed by atoms with Gasteiger partial charge >= 0.3 is 6.09 Å². The second kappa shape index (κ2) is 8.55. The molecule has 0 atom stereocenters. The zero-order valence-electron chi connectivity index (χ0n) is 18.5. The summed E-state index contributed by atoms with van der Waals surface area (Å²) in [6, 6.07) is 10.5. The van der Waals surface area contributed by atoms with Gasteiger partial charge in [-0.2, -0.15) is 0 Å². The maximum Gasteiger partial charge on any atom is 0.410 e. The van der Waals surface area contributed by atoms with Gasteiger partial charge in [0.2, 0.25) is 5.76 Å². The second-order valence-corrected chi connectivity index (χ2v) is 9.82. The Balaban J connectivity index is 1.56. The fourth-order valence-corrected chi connectivity index (χ4v) is 4.09. The molecule has 0 saturated carbocycles. The second-order valence-electron chi connectivity index (χ2n) is 8.90. The molecule has 0 saturated heterocycles. The fraction of sp³-hybridized carbons (Fsp3) is 0.292. The van der Waals surface area contributed by atoms with Crippen molar-refractivity contribution < 1.29 is 23.5 Å². The molecule has 8 nitrogen and oxygen atoms in total. The molecule has 33 heavy (non-hydrogen) atoms. The van der Waals surface area contributed by atoms with Crippen molar-refractivity contribution in [2.45, 2.75) is 39.3 Å². The van der Waals surface area contributed by atoms with Gasteiger partial charge in [0.05, 0.1) is 0 Å². The lowest BCUT2D eigenvalue weighted by Gasteiger charge is -2.31. The Morgan fingerprint density at radius 1 is 1.12 bits per heavy atom. The van der Waals surface area contributed by atoms with E-state index in [1.165, 1.54) is 0 Å². The van der Waals surface area contributed by atoms with Crippen molar-refractivity contribution in [1.29, 1.82) is 0 Å². The highest BCUT2D eigenvalue weighted by Gasteiger charge is 2.27. The summed E-state index contributed by atoms with van der Waals surface area (Å²) in [4.78, 5) is 38.9. The van der Waals surface area contributed by atoms with Crippen LogP contribution in [0.25, 0.3) is 11.0 Å². The highest BCUT2D eigenvalue weighted by molar-refractivity contribution is 9.10. The Kier molecular flexibility index (Phi) is 5.92. The number of anilines is 1. The van der Waals surface area contributed by atoms with Crippen LogP contribution < -0.4 is 11.1 Å². The van der Waals surface area contributed by atoms with Gasteiger partial charge in [-0.05, 0) is 68.7 Å². The van der Waals surface area contributed by atoms with Crippen molar-refractivity contribution in [3.63, 3.8) is 0 Å². The van der Waals surface area contributed by atoms with Gasteiger partial charge in [0.25, 0.3) is 11.8 Å². The van der Waals surface area contributed by atoms with Gasteiger partial charge in [-0.1, -0.05) is 22.0 Å². The quantitative estimate of drug-likeness (QED) is 0.519. The number of hydrogen-bond acceptors (Lipinski definition) is 5. The van der Waals surface area contributed by atoms with E-state index in [4.69, 9.17) is 14.9 Å². The molecule has 0 unspecified atom stereocenters. The van der Waals surface area contributed by atoms with E-state index in [2.05, 4.69) is 21.2 Å². The first-order chi connectivity index (χ1) is 15.5. The zero-order valence-corrected chi connectivity index (χ0v) is 20.1. The number of nitrogens with two attached hydrogens (primary N) is 1. The first kappa shape index (κ1) is 22.8.